The van der Waals surface area contributed by atoms with Crippen molar-refractivity contribution in [3.63, 3.8) is 0 Å². The molecule has 5 heteroatoms. The van der Waals surface area contributed by atoms with Gasteiger partial charge in [-0.25, -0.2) is 0 Å². The molecule has 1 aliphatic carbocycles. The molecular weight excluding hydrogens is 228 g/mol. The Hall–Kier alpha value is -1.36. The summed E-state index contributed by atoms with van der Waals surface area (Å²) in [5.41, 5.74) is 2.36. The largest absolute Gasteiger partial charge is 0.347 e. The molecule has 3 rings (SSSR count). The van der Waals surface area contributed by atoms with Crippen LogP contribution >= 0.6 is 0 Å². The fourth-order valence-corrected chi connectivity index (χ4v) is 2.79. The number of nitrogens with one attached hydrogen (secondary N) is 3. The molecule has 0 aromatic carbocycles. The molecule has 98 valence electrons. The van der Waals surface area contributed by atoms with Crippen LogP contribution in [0.2, 0.25) is 0 Å². The molecule has 0 bridgehead atoms. The quantitative estimate of drug-likeness (QED) is 0.739. The summed E-state index contributed by atoms with van der Waals surface area (Å²) in [5.74, 6) is 0.767. The van der Waals surface area contributed by atoms with Crippen molar-refractivity contribution in [3.8, 4) is 0 Å². The van der Waals surface area contributed by atoms with Crippen LogP contribution < -0.4 is 10.6 Å². The van der Waals surface area contributed by atoms with E-state index in [1.807, 2.05) is 13.1 Å². The summed E-state index contributed by atoms with van der Waals surface area (Å²) in [5, 5.41) is 13.5. The summed E-state index contributed by atoms with van der Waals surface area (Å²) in [4.78, 5) is 12.2. The first-order chi connectivity index (χ1) is 8.75. The van der Waals surface area contributed by atoms with E-state index < -0.39 is 0 Å². The third kappa shape index (κ3) is 2.03. The van der Waals surface area contributed by atoms with E-state index in [0.29, 0.717) is 5.92 Å². The topological polar surface area (TPSA) is 69.8 Å². The lowest BCUT2D eigenvalue weighted by Crippen LogP contribution is -2.50. The van der Waals surface area contributed by atoms with Crippen LogP contribution in [0.4, 0.5) is 0 Å². The zero-order valence-electron chi connectivity index (χ0n) is 10.7. The highest BCUT2D eigenvalue weighted by molar-refractivity contribution is 5.79. The Morgan fingerprint density at radius 1 is 1.56 bits per heavy atom. The zero-order valence-corrected chi connectivity index (χ0v) is 10.7. The van der Waals surface area contributed by atoms with Gasteiger partial charge in [0.05, 0.1) is 17.9 Å². The van der Waals surface area contributed by atoms with Gasteiger partial charge in [0, 0.05) is 5.92 Å². The minimum Gasteiger partial charge on any atom is -0.347 e. The van der Waals surface area contributed by atoms with Crippen LogP contribution in [-0.4, -0.2) is 29.2 Å². The van der Waals surface area contributed by atoms with Crippen LogP contribution in [0.1, 0.15) is 37.1 Å². The zero-order chi connectivity index (χ0) is 12.5. The monoisotopic (exact) mass is 248 g/mol. The van der Waals surface area contributed by atoms with E-state index in [9.17, 15) is 4.79 Å². The maximum absolute atomic E-state index is 12.2. The Morgan fingerprint density at radius 3 is 3.11 bits per heavy atom. The molecule has 1 amide bonds. The molecule has 2 atom stereocenters. The average molecular weight is 248 g/mol. The van der Waals surface area contributed by atoms with E-state index in [2.05, 4.69) is 20.8 Å². The maximum atomic E-state index is 12.2. The number of aromatic amines is 1. The normalized spacial score (nSPS) is 25.1. The standard InChI is InChI=1S/C13H20N4O/c1-8(10-5-14-6-10)13(18)16-11-4-2-3-9-7-15-17-12(9)11/h7-8,10-11,14H,2-6H2,1H3,(H,15,17)(H,16,18). The Morgan fingerprint density at radius 2 is 2.39 bits per heavy atom. The number of rotatable bonds is 3. The second kappa shape index (κ2) is 4.72. The number of aryl methyl sites for hydroxylation is 1. The lowest BCUT2D eigenvalue weighted by atomic mass is 9.87. The van der Waals surface area contributed by atoms with Crippen molar-refractivity contribution in [3.05, 3.63) is 17.5 Å². The molecule has 2 aliphatic rings. The first kappa shape index (κ1) is 11.7. The fourth-order valence-electron chi connectivity index (χ4n) is 2.79. The average Bonchev–Trinajstić information content (AvgIpc) is 2.75. The summed E-state index contributed by atoms with van der Waals surface area (Å²) in [6.45, 7) is 3.96. The van der Waals surface area contributed by atoms with E-state index in [1.165, 1.54) is 5.56 Å². The number of aromatic nitrogens is 2. The van der Waals surface area contributed by atoms with E-state index in [1.54, 1.807) is 0 Å². The molecule has 1 aromatic rings. The molecule has 5 nitrogen and oxygen atoms in total. The van der Waals surface area contributed by atoms with Crippen LogP contribution in [0.15, 0.2) is 6.20 Å². The third-order valence-corrected chi connectivity index (χ3v) is 4.29. The number of hydrogen-bond donors (Lipinski definition) is 3. The summed E-state index contributed by atoms with van der Waals surface area (Å²) in [7, 11) is 0. The molecule has 18 heavy (non-hydrogen) atoms. The molecule has 1 aliphatic heterocycles. The SMILES string of the molecule is CC(C(=O)NC1CCCc2cn[nH]c21)C1CNC1. The molecule has 0 saturated carbocycles. The first-order valence-electron chi connectivity index (χ1n) is 6.79. The van der Waals surface area contributed by atoms with Gasteiger partial charge in [-0.1, -0.05) is 6.92 Å². The van der Waals surface area contributed by atoms with Crippen molar-refractivity contribution in [2.24, 2.45) is 11.8 Å². The van der Waals surface area contributed by atoms with E-state index in [0.717, 1.165) is 38.0 Å². The number of nitrogens with zero attached hydrogens (tertiary/aromatic N) is 1. The second-order valence-corrected chi connectivity index (χ2v) is 5.47. The predicted molar refractivity (Wildman–Crippen MR) is 67.9 cm³/mol. The van der Waals surface area contributed by atoms with Crippen LogP contribution in [-0.2, 0) is 11.2 Å². The van der Waals surface area contributed by atoms with Gasteiger partial charge in [-0.15, -0.1) is 0 Å². The highest BCUT2D eigenvalue weighted by Gasteiger charge is 2.31. The van der Waals surface area contributed by atoms with E-state index in [-0.39, 0.29) is 17.9 Å². The third-order valence-electron chi connectivity index (χ3n) is 4.29. The number of amides is 1. The van der Waals surface area contributed by atoms with Gasteiger partial charge < -0.3 is 10.6 Å². The molecule has 3 N–H and O–H groups in total. The molecule has 1 fully saturated rings. The predicted octanol–water partition coefficient (Wildman–Crippen LogP) is 0.759. The molecule has 2 unspecified atom stereocenters. The van der Waals surface area contributed by atoms with Gasteiger partial charge in [-0.05, 0) is 43.8 Å². The van der Waals surface area contributed by atoms with Crippen molar-refractivity contribution < 1.29 is 4.79 Å². The number of fused-ring (bicyclic) bond motifs is 1. The van der Waals surface area contributed by atoms with Crippen molar-refractivity contribution in [2.75, 3.05) is 13.1 Å². The second-order valence-electron chi connectivity index (χ2n) is 5.47. The summed E-state index contributed by atoms with van der Waals surface area (Å²) in [6.07, 6.45) is 5.08. The van der Waals surface area contributed by atoms with Crippen LogP contribution in [0.25, 0.3) is 0 Å². The van der Waals surface area contributed by atoms with Gasteiger partial charge in [-0.3, -0.25) is 9.89 Å². The smallest absolute Gasteiger partial charge is 0.223 e. The molecule has 1 saturated heterocycles. The maximum Gasteiger partial charge on any atom is 0.223 e. The first-order valence-corrected chi connectivity index (χ1v) is 6.79. The van der Waals surface area contributed by atoms with Crippen LogP contribution in [0, 0.1) is 11.8 Å². The minimum atomic E-state index is 0.0968. The molecule has 2 heterocycles. The summed E-state index contributed by atoms with van der Waals surface area (Å²) >= 11 is 0. The number of hydrogen-bond acceptors (Lipinski definition) is 3. The number of carbonyl (C=O) groups excluding carboxylic acids is 1. The van der Waals surface area contributed by atoms with E-state index in [4.69, 9.17) is 0 Å². The van der Waals surface area contributed by atoms with E-state index >= 15 is 0 Å². The Labute approximate surface area is 107 Å². The number of carbonyl (C=O) groups is 1. The van der Waals surface area contributed by atoms with Crippen LogP contribution in [0.3, 0.4) is 0 Å². The Bertz CT molecular complexity index is 438. The van der Waals surface area contributed by atoms with Crippen molar-refractivity contribution in [1.29, 1.82) is 0 Å². The van der Waals surface area contributed by atoms with Gasteiger partial charge in [0.1, 0.15) is 0 Å². The fraction of sp³-hybridized carbons (Fsp3) is 0.692. The minimum absolute atomic E-state index is 0.0968. The summed E-state index contributed by atoms with van der Waals surface area (Å²) < 4.78 is 0. The Balaban J connectivity index is 1.65. The van der Waals surface area contributed by atoms with Crippen molar-refractivity contribution in [2.45, 2.75) is 32.2 Å². The highest BCUT2D eigenvalue weighted by atomic mass is 16.2. The lowest BCUT2D eigenvalue weighted by molar-refractivity contribution is -0.127. The molecule has 1 aromatic heterocycles. The highest BCUT2D eigenvalue weighted by Crippen LogP contribution is 2.28. The van der Waals surface area contributed by atoms with Gasteiger partial charge in [-0.2, -0.15) is 5.10 Å². The number of H-pyrrole nitrogens is 1. The van der Waals surface area contributed by atoms with Gasteiger partial charge >= 0.3 is 0 Å². The van der Waals surface area contributed by atoms with Crippen molar-refractivity contribution in [1.82, 2.24) is 20.8 Å². The van der Waals surface area contributed by atoms with Gasteiger partial charge in [0.15, 0.2) is 0 Å². The molecule has 0 radical (unpaired) electrons. The van der Waals surface area contributed by atoms with Gasteiger partial charge in [0.2, 0.25) is 5.91 Å². The van der Waals surface area contributed by atoms with Crippen molar-refractivity contribution >= 4 is 5.91 Å². The summed E-state index contributed by atoms with van der Waals surface area (Å²) in [6, 6.07) is 0.124. The lowest BCUT2D eigenvalue weighted by Gasteiger charge is -2.33. The molecular formula is C13H20N4O. The van der Waals surface area contributed by atoms with Crippen LogP contribution in [0.5, 0.6) is 0 Å². The Kier molecular flexibility index (Phi) is 3.07. The molecule has 0 spiro atoms. The van der Waals surface area contributed by atoms with Gasteiger partial charge in [0.25, 0.3) is 0 Å².